The highest BCUT2D eigenvalue weighted by molar-refractivity contribution is 9.10. The Morgan fingerprint density at radius 1 is 1.58 bits per heavy atom. The maximum Gasteiger partial charge on any atom is 0.179 e. The summed E-state index contributed by atoms with van der Waals surface area (Å²) in [6.07, 6.45) is 0.632. The monoisotopic (exact) mass is 232 g/mol. The van der Waals surface area contributed by atoms with Crippen LogP contribution in [0.5, 0.6) is 5.75 Å². The van der Waals surface area contributed by atoms with E-state index in [0.29, 0.717) is 11.8 Å². The molecular formula is C8H6BrFO2. The van der Waals surface area contributed by atoms with Gasteiger partial charge in [0.25, 0.3) is 0 Å². The van der Waals surface area contributed by atoms with Crippen LogP contribution in [0.1, 0.15) is 10.4 Å². The van der Waals surface area contributed by atoms with Gasteiger partial charge < -0.3 is 4.74 Å². The van der Waals surface area contributed by atoms with Gasteiger partial charge in [-0.15, -0.1) is 0 Å². The molecule has 0 unspecified atom stereocenters. The van der Waals surface area contributed by atoms with E-state index in [2.05, 4.69) is 15.9 Å². The standard InChI is InChI=1S/C8H6BrFO2/c1-12-7-3-5(4-11)2-6(9)8(7)10/h2-4H,1H3. The van der Waals surface area contributed by atoms with Gasteiger partial charge in [-0.3, -0.25) is 4.79 Å². The van der Waals surface area contributed by atoms with Gasteiger partial charge in [0.15, 0.2) is 11.6 Å². The zero-order chi connectivity index (χ0) is 9.14. The maximum atomic E-state index is 13.0. The fourth-order valence-corrected chi connectivity index (χ4v) is 1.26. The van der Waals surface area contributed by atoms with Crippen LogP contribution >= 0.6 is 15.9 Å². The first-order valence-corrected chi connectivity index (χ1v) is 3.96. The Bertz CT molecular complexity index is 312. The molecule has 2 nitrogen and oxygen atoms in total. The van der Waals surface area contributed by atoms with Crippen molar-refractivity contribution in [1.82, 2.24) is 0 Å². The van der Waals surface area contributed by atoms with Gasteiger partial charge in [0.2, 0.25) is 0 Å². The van der Waals surface area contributed by atoms with Gasteiger partial charge in [0.1, 0.15) is 6.29 Å². The quantitative estimate of drug-likeness (QED) is 0.733. The lowest BCUT2D eigenvalue weighted by Crippen LogP contribution is -1.91. The number of benzene rings is 1. The Labute approximate surface area is 77.5 Å². The molecule has 0 aliphatic heterocycles. The molecule has 0 radical (unpaired) electrons. The molecular weight excluding hydrogens is 227 g/mol. The molecule has 0 atom stereocenters. The van der Waals surface area contributed by atoms with Crippen LogP contribution in [0, 0.1) is 5.82 Å². The third kappa shape index (κ3) is 1.64. The molecule has 0 saturated heterocycles. The summed E-state index contributed by atoms with van der Waals surface area (Å²) in [5.74, 6) is -0.436. The van der Waals surface area contributed by atoms with Crippen LogP contribution in [-0.4, -0.2) is 13.4 Å². The minimum Gasteiger partial charge on any atom is -0.494 e. The van der Waals surface area contributed by atoms with E-state index in [-0.39, 0.29) is 10.2 Å². The van der Waals surface area contributed by atoms with Crippen LogP contribution in [-0.2, 0) is 0 Å². The molecule has 4 heteroatoms. The predicted molar refractivity (Wildman–Crippen MR) is 46.0 cm³/mol. The molecule has 1 rings (SSSR count). The topological polar surface area (TPSA) is 26.3 Å². The molecule has 0 aliphatic carbocycles. The third-order valence-corrected chi connectivity index (χ3v) is 1.95. The average Bonchev–Trinajstić information content (AvgIpc) is 2.09. The van der Waals surface area contributed by atoms with Crippen molar-refractivity contribution < 1.29 is 13.9 Å². The lowest BCUT2D eigenvalue weighted by molar-refractivity contribution is 0.112. The van der Waals surface area contributed by atoms with Crippen LogP contribution in [0.4, 0.5) is 4.39 Å². The normalized spacial score (nSPS) is 9.58. The van der Waals surface area contributed by atoms with Crippen molar-refractivity contribution >= 4 is 22.2 Å². The molecule has 1 aromatic carbocycles. The Morgan fingerprint density at radius 3 is 2.75 bits per heavy atom. The molecule has 0 aromatic heterocycles. The highest BCUT2D eigenvalue weighted by Crippen LogP contribution is 2.25. The predicted octanol–water partition coefficient (Wildman–Crippen LogP) is 2.41. The summed E-state index contributed by atoms with van der Waals surface area (Å²) in [5.41, 5.74) is 0.375. The first kappa shape index (κ1) is 9.19. The summed E-state index contributed by atoms with van der Waals surface area (Å²) in [4.78, 5) is 10.3. The summed E-state index contributed by atoms with van der Waals surface area (Å²) in [6.45, 7) is 0. The van der Waals surface area contributed by atoms with E-state index in [4.69, 9.17) is 4.74 Å². The second kappa shape index (κ2) is 3.67. The first-order chi connectivity index (χ1) is 5.69. The van der Waals surface area contributed by atoms with Crippen LogP contribution in [0.15, 0.2) is 16.6 Å². The second-order valence-corrected chi connectivity index (χ2v) is 2.99. The Morgan fingerprint density at radius 2 is 2.25 bits per heavy atom. The van der Waals surface area contributed by atoms with Gasteiger partial charge in [-0.1, -0.05) is 0 Å². The van der Waals surface area contributed by atoms with Crippen molar-refractivity contribution in [2.24, 2.45) is 0 Å². The SMILES string of the molecule is COc1cc(C=O)cc(Br)c1F. The fraction of sp³-hybridized carbons (Fsp3) is 0.125. The first-order valence-electron chi connectivity index (χ1n) is 3.17. The van der Waals surface area contributed by atoms with Gasteiger partial charge in [0.05, 0.1) is 11.6 Å². The minimum atomic E-state index is -0.497. The zero-order valence-electron chi connectivity index (χ0n) is 6.30. The lowest BCUT2D eigenvalue weighted by Gasteiger charge is -2.03. The van der Waals surface area contributed by atoms with Crippen molar-refractivity contribution in [3.8, 4) is 5.75 Å². The molecule has 0 bridgehead atoms. The summed E-state index contributed by atoms with van der Waals surface area (Å²) >= 11 is 2.96. The van der Waals surface area contributed by atoms with Crippen molar-refractivity contribution in [2.45, 2.75) is 0 Å². The number of methoxy groups -OCH3 is 1. The van der Waals surface area contributed by atoms with Gasteiger partial charge in [-0.05, 0) is 28.1 Å². The van der Waals surface area contributed by atoms with E-state index in [9.17, 15) is 9.18 Å². The fourth-order valence-electron chi connectivity index (χ4n) is 0.800. The van der Waals surface area contributed by atoms with Gasteiger partial charge in [-0.25, -0.2) is 4.39 Å². The number of halogens is 2. The molecule has 0 N–H and O–H groups in total. The summed E-state index contributed by atoms with van der Waals surface area (Å²) < 4.78 is 18.0. The number of carbonyl (C=O) groups is 1. The molecule has 0 fully saturated rings. The number of aldehydes is 1. The molecule has 0 amide bonds. The lowest BCUT2D eigenvalue weighted by atomic mass is 10.2. The molecule has 12 heavy (non-hydrogen) atoms. The maximum absolute atomic E-state index is 13.0. The van der Waals surface area contributed by atoms with E-state index in [1.54, 1.807) is 0 Å². The number of ether oxygens (including phenoxy) is 1. The molecule has 1 aromatic rings. The second-order valence-electron chi connectivity index (χ2n) is 2.14. The van der Waals surface area contributed by atoms with E-state index < -0.39 is 5.82 Å². The Balaban J connectivity index is 3.28. The van der Waals surface area contributed by atoms with E-state index in [1.165, 1.54) is 19.2 Å². The van der Waals surface area contributed by atoms with Crippen LogP contribution in [0.2, 0.25) is 0 Å². The molecule has 64 valence electrons. The van der Waals surface area contributed by atoms with Crippen LogP contribution in [0.3, 0.4) is 0 Å². The van der Waals surface area contributed by atoms with Crippen LogP contribution in [0.25, 0.3) is 0 Å². The highest BCUT2D eigenvalue weighted by Gasteiger charge is 2.08. The van der Waals surface area contributed by atoms with Gasteiger partial charge >= 0.3 is 0 Å². The zero-order valence-corrected chi connectivity index (χ0v) is 7.89. The largest absolute Gasteiger partial charge is 0.494 e. The van der Waals surface area contributed by atoms with Gasteiger partial charge in [0, 0.05) is 5.56 Å². The third-order valence-electron chi connectivity index (χ3n) is 1.37. The van der Waals surface area contributed by atoms with Crippen molar-refractivity contribution in [3.63, 3.8) is 0 Å². The molecule has 0 heterocycles. The van der Waals surface area contributed by atoms with Gasteiger partial charge in [-0.2, -0.15) is 0 Å². The Hall–Kier alpha value is -0.900. The average molecular weight is 233 g/mol. The van der Waals surface area contributed by atoms with Crippen LogP contribution < -0.4 is 4.74 Å². The van der Waals surface area contributed by atoms with Crippen molar-refractivity contribution in [1.29, 1.82) is 0 Å². The number of hydrogen-bond acceptors (Lipinski definition) is 2. The van der Waals surface area contributed by atoms with Crippen molar-refractivity contribution in [3.05, 3.63) is 28.0 Å². The Kier molecular flexibility index (Phi) is 2.81. The summed E-state index contributed by atoms with van der Waals surface area (Å²) in [7, 11) is 1.35. The number of rotatable bonds is 2. The molecule has 0 saturated carbocycles. The summed E-state index contributed by atoms with van der Waals surface area (Å²) in [6, 6.07) is 2.73. The van der Waals surface area contributed by atoms with E-state index >= 15 is 0 Å². The van der Waals surface area contributed by atoms with E-state index in [0.717, 1.165) is 0 Å². The smallest absolute Gasteiger partial charge is 0.179 e. The number of carbonyl (C=O) groups excluding carboxylic acids is 1. The molecule has 0 spiro atoms. The van der Waals surface area contributed by atoms with Crippen molar-refractivity contribution in [2.75, 3.05) is 7.11 Å². The molecule has 0 aliphatic rings. The van der Waals surface area contributed by atoms with E-state index in [1.807, 2.05) is 0 Å². The highest BCUT2D eigenvalue weighted by atomic mass is 79.9. The summed E-state index contributed by atoms with van der Waals surface area (Å²) in [5, 5.41) is 0. The minimum absolute atomic E-state index is 0.0616. The number of hydrogen-bond donors (Lipinski definition) is 0.